The summed E-state index contributed by atoms with van der Waals surface area (Å²) in [6.07, 6.45) is 1.90. The van der Waals surface area contributed by atoms with Gasteiger partial charge in [0, 0.05) is 19.0 Å². The lowest BCUT2D eigenvalue weighted by Crippen LogP contribution is -2.32. The Balaban J connectivity index is 2.03. The molecule has 1 aromatic heterocycles. The van der Waals surface area contributed by atoms with Crippen molar-refractivity contribution in [2.75, 3.05) is 5.32 Å². The molecule has 0 unspecified atom stereocenters. The summed E-state index contributed by atoms with van der Waals surface area (Å²) < 4.78 is 0. The van der Waals surface area contributed by atoms with E-state index < -0.39 is 5.91 Å². The molecule has 7 heteroatoms. The zero-order valence-electron chi connectivity index (χ0n) is 9.30. The Kier molecular flexibility index (Phi) is 3.29. The van der Waals surface area contributed by atoms with Crippen LogP contribution in [0.3, 0.4) is 0 Å². The van der Waals surface area contributed by atoms with Crippen molar-refractivity contribution in [2.45, 2.75) is 12.8 Å². The van der Waals surface area contributed by atoms with Crippen LogP contribution in [-0.2, 0) is 9.59 Å². The van der Waals surface area contributed by atoms with Crippen LogP contribution in [0.2, 0.25) is 0 Å². The normalized spacial score (nSPS) is 14.2. The van der Waals surface area contributed by atoms with Gasteiger partial charge >= 0.3 is 0 Å². The number of nitrogens with zero attached hydrogens (tertiary/aromatic N) is 3. The number of carbonyl (C=O) groups excluding carboxylic acids is 2. The molecule has 1 aromatic rings. The first-order chi connectivity index (χ1) is 8.69. The van der Waals surface area contributed by atoms with Gasteiger partial charge in [-0.25, -0.2) is 10.4 Å². The smallest absolute Gasteiger partial charge is 0.273 e. The SMILES string of the molecule is N#Cc1ccc(NC(=O)C2=NNC(=O)CC2)nc1. The zero-order chi connectivity index (χ0) is 13.0. The van der Waals surface area contributed by atoms with Gasteiger partial charge in [-0.1, -0.05) is 0 Å². The van der Waals surface area contributed by atoms with Gasteiger partial charge in [0.15, 0.2) is 0 Å². The monoisotopic (exact) mass is 243 g/mol. The molecule has 2 rings (SSSR count). The van der Waals surface area contributed by atoms with Crippen LogP contribution in [0, 0.1) is 11.3 Å². The van der Waals surface area contributed by atoms with Crippen LogP contribution in [-0.4, -0.2) is 22.5 Å². The van der Waals surface area contributed by atoms with Crippen molar-refractivity contribution >= 4 is 23.3 Å². The Hall–Kier alpha value is -2.75. The van der Waals surface area contributed by atoms with Crippen molar-refractivity contribution < 1.29 is 9.59 Å². The molecule has 0 fully saturated rings. The molecular formula is C11H9N5O2. The topological polar surface area (TPSA) is 107 Å². The first-order valence-electron chi connectivity index (χ1n) is 5.22. The minimum absolute atomic E-state index is 0.206. The van der Waals surface area contributed by atoms with Crippen LogP contribution in [0.5, 0.6) is 0 Å². The molecule has 0 radical (unpaired) electrons. The summed E-state index contributed by atoms with van der Waals surface area (Å²) in [5.41, 5.74) is 2.90. The van der Waals surface area contributed by atoms with Crippen molar-refractivity contribution in [3.8, 4) is 6.07 Å². The van der Waals surface area contributed by atoms with Crippen LogP contribution in [0.15, 0.2) is 23.4 Å². The maximum Gasteiger partial charge on any atom is 0.273 e. The highest BCUT2D eigenvalue weighted by Gasteiger charge is 2.18. The summed E-state index contributed by atoms with van der Waals surface area (Å²) >= 11 is 0. The zero-order valence-corrected chi connectivity index (χ0v) is 9.30. The maximum atomic E-state index is 11.7. The van der Waals surface area contributed by atoms with E-state index in [-0.39, 0.29) is 18.0 Å². The number of nitriles is 1. The third-order valence-electron chi connectivity index (χ3n) is 2.30. The molecule has 0 spiro atoms. The average Bonchev–Trinajstić information content (AvgIpc) is 2.40. The van der Waals surface area contributed by atoms with Gasteiger partial charge in [0.25, 0.3) is 5.91 Å². The van der Waals surface area contributed by atoms with Gasteiger partial charge in [-0.3, -0.25) is 9.59 Å². The number of rotatable bonds is 2. The Morgan fingerprint density at radius 3 is 2.83 bits per heavy atom. The minimum Gasteiger partial charge on any atom is -0.305 e. The summed E-state index contributed by atoms with van der Waals surface area (Å²) in [7, 11) is 0. The number of hydrazone groups is 1. The lowest BCUT2D eigenvalue weighted by molar-refractivity contribution is -0.121. The second-order valence-corrected chi connectivity index (χ2v) is 3.59. The molecule has 2 amide bonds. The van der Waals surface area contributed by atoms with Crippen molar-refractivity contribution in [3.63, 3.8) is 0 Å². The van der Waals surface area contributed by atoms with E-state index in [1.165, 1.54) is 12.3 Å². The summed E-state index contributed by atoms with van der Waals surface area (Å²) in [6.45, 7) is 0. The van der Waals surface area contributed by atoms with Crippen LogP contribution >= 0.6 is 0 Å². The first kappa shape index (κ1) is 11.7. The maximum absolute atomic E-state index is 11.7. The molecule has 0 atom stereocenters. The molecule has 7 nitrogen and oxygen atoms in total. The molecule has 0 aliphatic carbocycles. The van der Waals surface area contributed by atoms with Gasteiger partial charge in [-0.05, 0) is 12.1 Å². The van der Waals surface area contributed by atoms with E-state index >= 15 is 0 Å². The number of amides is 2. The number of aromatic nitrogens is 1. The van der Waals surface area contributed by atoms with E-state index in [0.717, 1.165) is 0 Å². The minimum atomic E-state index is -0.410. The van der Waals surface area contributed by atoms with Gasteiger partial charge < -0.3 is 5.32 Å². The molecule has 0 aromatic carbocycles. The predicted molar refractivity (Wildman–Crippen MR) is 62.4 cm³/mol. The fourth-order valence-corrected chi connectivity index (χ4v) is 1.36. The summed E-state index contributed by atoms with van der Waals surface area (Å²) in [5, 5.41) is 14.8. The molecule has 2 N–H and O–H groups in total. The van der Waals surface area contributed by atoms with Gasteiger partial charge in [0.2, 0.25) is 5.91 Å². The van der Waals surface area contributed by atoms with E-state index in [4.69, 9.17) is 5.26 Å². The predicted octanol–water partition coefficient (Wildman–Crippen LogP) is 0.158. The number of hydrogen-bond donors (Lipinski definition) is 2. The lowest BCUT2D eigenvalue weighted by atomic mass is 10.1. The van der Waals surface area contributed by atoms with Crippen molar-refractivity contribution in [1.29, 1.82) is 5.26 Å². The van der Waals surface area contributed by atoms with E-state index in [2.05, 4.69) is 20.8 Å². The van der Waals surface area contributed by atoms with E-state index in [0.29, 0.717) is 17.8 Å². The molecule has 90 valence electrons. The number of anilines is 1. The van der Waals surface area contributed by atoms with Crippen molar-refractivity contribution in [1.82, 2.24) is 10.4 Å². The largest absolute Gasteiger partial charge is 0.305 e. The lowest BCUT2D eigenvalue weighted by Gasteiger charge is -2.11. The molecule has 0 bridgehead atoms. The molecule has 1 aliphatic heterocycles. The Labute approximate surface area is 103 Å². The van der Waals surface area contributed by atoms with Crippen molar-refractivity contribution in [2.24, 2.45) is 5.10 Å². The highest BCUT2D eigenvalue weighted by atomic mass is 16.2. The molecular weight excluding hydrogens is 234 g/mol. The Bertz CT molecular complexity index is 556. The Morgan fingerprint density at radius 1 is 1.44 bits per heavy atom. The number of pyridine rings is 1. The molecule has 2 heterocycles. The van der Waals surface area contributed by atoms with Crippen LogP contribution in [0.25, 0.3) is 0 Å². The highest BCUT2D eigenvalue weighted by Crippen LogP contribution is 2.06. The van der Waals surface area contributed by atoms with Gasteiger partial charge in [-0.2, -0.15) is 10.4 Å². The average molecular weight is 243 g/mol. The quantitative estimate of drug-likeness (QED) is 0.771. The molecule has 18 heavy (non-hydrogen) atoms. The third-order valence-corrected chi connectivity index (χ3v) is 2.30. The fourth-order valence-electron chi connectivity index (χ4n) is 1.36. The number of nitrogens with one attached hydrogen (secondary N) is 2. The third kappa shape index (κ3) is 2.68. The van der Waals surface area contributed by atoms with Gasteiger partial charge in [0.1, 0.15) is 17.6 Å². The van der Waals surface area contributed by atoms with Crippen LogP contribution in [0.4, 0.5) is 5.82 Å². The van der Waals surface area contributed by atoms with Gasteiger partial charge in [0.05, 0.1) is 5.56 Å². The summed E-state index contributed by atoms with van der Waals surface area (Å²) in [6, 6.07) is 5.00. The van der Waals surface area contributed by atoms with Crippen LogP contribution < -0.4 is 10.7 Å². The second-order valence-electron chi connectivity index (χ2n) is 3.59. The van der Waals surface area contributed by atoms with E-state index in [1.807, 2.05) is 6.07 Å². The molecule has 0 saturated heterocycles. The van der Waals surface area contributed by atoms with Gasteiger partial charge in [-0.15, -0.1) is 0 Å². The number of carbonyl (C=O) groups is 2. The number of hydrogen-bond acceptors (Lipinski definition) is 5. The summed E-state index contributed by atoms with van der Waals surface area (Å²) in [5.74, 6) is -0.283. The van der Waals surface area contributed by atoms with E-state index in [9.17, 15) is 9.59 Å². The standard InChI is InChI=1S/C11H9N5O2/c12-5-7-1-3-9(13-6-7)14-11(18)8-2-4-10(17)16-15-8/h1,3,6H,2,4H2,(H,16,17)(H,13,14,18). The fraction of sp³-hybridized carbons (Fsp3) is 0.182. The van der Waals surface area contributed by atoms with Crippen molar-refractivity contribution in [3.05, 3.63) is 23.9 Å². The Morgan fingerprint density at radius 2 is 2.28 bits per heavy atom. The highest BCUT2D eigenvalue weighted by molar-refractivity contribution is 6.43. The summed E-state index contributed by atoms with van der Waals surface area (Å²) in [4.78, 5) is 26.5. The molecule has 0 saturated carbocycles. The first-order valence-corrected chi connectivity index (χ1v) is 5.22. The van der Waals surface area contributed by atoms with Crippen LogP contribution in [0.1, 0.15) is 18.4 Å². The van der Waals surface area contributed by atoms with E-state index in [1.54, 1.807) is 6.07 Å². The molecule has 1 aliphatic rings. The second kappa shape index (κ2) is 5.05.